The summed E-state index contributed by atoms with van der Waals surface area (Å²) in [5, 5.41) is 0. The van der Waals surface area contributed by atoms with Crippen molar-refractivity contribution in [3.8, 4) is 0 Å². The lowest BCUT2D eigenvalue weighted by atomic mass is 10.0. The van der Waals surface area contributed by atoms with Crippen molar-refractivity contribution in [2.75, 3.05) is 7.11 Å². The molecule has 1 aliphatic rings. The van der Waals surface area contributed by atoms with Crippen molar-refractivity contribution in [2.45, 2.75) is 51.3 Å². The highest BCUT2D eigenvalue weighted by Gasteiger charge is 2.47. The van der Waals surface area contributed by atoms with Crippen LogP contribution in [0.3, 0.4) is 0 Å². The van der Waals surface area contributed by atoms with Crippen molar-refractivity contribution >= 4 is 5.97 Å². The molecule has 3 aromatic carbocycles. The van der Waals surface area contributed by atoms with Gasteiger partial charge in [-0.05, 0) is 16.7 Å². The first-order valence-corrected chi connectivity index (χ1v) is 12.2. The quantitative estimate of drug-likeness (QED) is 0.264. The van der Waals surface area contributed by atoms with E-state index in [2.05, 4.69) is 0 Å². The van der Waals surface area contributed by atoms with E-state index in [9.17, 15) is 4.79 Å². The van der Waals surface area contributed by atoms with Crippen molar-refractivity contribution in [2.24, 2.45) is 0 Å². The van der Waals surface area contributed by atoms with Crippen molar-refractivity contribution in [1.82, 2.24) is 0 Å². The molecule has 0 spiro atoms. The summed E-state index contributed by atoms with van der Waals surface area (Å²) in [5.74, 6) is -0.188. The van der Waals surface area contributed by atoms with Crippen molar-refractivity contribution in [1.29, 1.82) is 0 Å². The zero-order valence-electron chi connectivity index (χ0n) is 21.0. The van der Waals surface area contributed by atoms with Gasteiger partial charge in [0, 0.05) is 14.0 Å². The molecule has 1 saturated heterocycles. The SMILES string of the molecule is CO[C@H]1O/C(=C\OC(C)=O)[C@@H](OCc2ccccc2)[C@H](OCc2ccccc2)[C@@H]1OCc1ccccc1. The molecular formula is C30H32O7. The Morgan fingerprint density at radius 3 is 1.65 bits per heavy atom. The Hall–Kier alpha value is -3.49. The maximum Gasteiger partial charge on any atom is 0.307 e. The van der Waals surface area contributed by atoms with Gasteiger partial charge in [0.25, 0.3) is 0 Å². The fourth-order valence-electron chi connectivity index (χ4n) is 4.00. The molecule has 0 amide bonds. The molecule has 3 aromatic rings. The van der Waals surface area contributed by atoms with Crippen LogP contribution in [0.25, 0.3) is 0 Å². The summed E-state index contributed by atoms with van der Waals surface area (Å²) in [6.07, 6.45) is -1.55. The van der Waals surface area contributed by atoms with E-state index >= 15 is 0 Å². The predicted molar refractivity (Wildman–Crippen MR) is 137 cm³/mol. The van der Waals surface area contributed by atoms with Gasteiger partial charge in [0.05, 0.1) is 19.8 Å². The Morgan fingerprint density at radius 1 is 0.730 bits per heavy atom. The molecule has 37 heavy (non-hydrogen) atoms. The normalized spacial score (nSPS) is 22.4. The summed E-state index contributed by atoms with van der Waals surface area (Å²) < 4.78 is 36.1. The summed E-state index contributed by atoms with van der Waals surface area (Å²) >= 11 is 0. The minimum absolute atomic E-state index is 0.288. The number of rotatable bonds is 11. The second-order valence-corrected chi connectivity index (χ2v) is 8.59. The number of carbonyl (C=O) groups excluding carboxylic acids is 1. The summed E-state index contributed by atoms with van der Waals surface area (Å²) in [6.45, 7) is 2.26. The van der Waals surface area contributed by atoms with E-state index in [1.165, 1.54) is 20.3 Å². The van der Waals surface area contributed by atoms with Gasteiger partial charge < -0.3 is 28.4 Å². The average Bonchev–Trinajstić information content (AvgIpc) is 2.94. The zero-order valence-corrected chi connectivity index (χ0v) is 21.0. The van der Waals surface area contributed by atoms with Crippen LogP contribution in [0.1, 0.15) is 23.6 Å². The summed E-state index contributed by atoms with van der Waals surface area (Å²) in [7, 11) is 1.53. The van der Waals surface area contributed by atoms with E-state index in [0.29, 0.717) is 19.8 Å². The number of methoxy groups -OCH3 is 1. The van der Waals surface area contributed by atoms with Gasteiger partial charge in [-0.3, -0.25) is 4.79 Å². The van der Waals surface area contributed by atoms with E-state index in [1.54, 1.807) is 0 Å². The Kier molecular flexibility index (Phi) is 9.85. The molecule has 194 valence electrons. The highest BCUT2D eigenvalue weighted by Crippen LogP contribution is 2.33. The average molecular weight is 505 g/mol. The Morgan fingerprint density at radius 2 is 1.19 bits per heavy atom. The lowest BCUT2D eigenvalue weighted by Crippen LogP contribution is -2.55. The van der Waals surface area contributed by atoms with Crippen molar-refractivity contribution in [3.05, 3.63) is 120 Å². The van der Waals surface area contributed by atoms with Crippen LogP contribution < -0.4 is 0 Å². The number of hydrogen-bond donors (Lipinski definition) is 0. The first kappa shape index (κ1) is 26.6. The Bertz CT molecular complexity index is 1120. The second kappa shape index (κ2) is 13.7. The monoisotopic (exact) mass is 504 g/mol. The molecule has 7 nitrogen and oxygen atoms in total. The van der Waals surface area contributed by atoms with Gasteiger partial charge >= 0.3 is 5.97 Å². The van der Waals surface area contributed by atoms with E-state index in [1.807, 2.05) is 91.0 Å². The van der Waals surface area contributed by atoms with Crippen molar-refractivity contribution < 1.29 is 33.2 Å². The minimum Gasteiger partial charge on any atom is -0.460 e. The largest absolute Gasteiger partial charge is 0.460 e. The Labute approximate surface area is 217 Å². The van der Waals surface area contributed by atoms with Crippen LogP contribution in [0.5, 0.6) is 0 Å². The van der Waals surface area contributed by atoms with Gasteiger partial charge in [0.15, 0.2) is 5.76 Å². The lowest BCUT2D eigenvalue weighted by Gasteiger charge is -2.42. The van der Waals surface area contributed by atoms with E-state index < -0.39 is 30.6 Å². The van der Waals surface area contributed by atoms with Crippen LogP contribution in [0.4, 0.5) is 0 Å². The molecular weight excluding hydrogens is 472 g/mol. The number of ether oxygens (including phenoxy) is 6. The van der Waals surface area contributed by atoms with Crippen LogP contribution in [-0.2, 0) is 53.0 Å². The predicted octanol–water partition coefficient (Wildman–Crippen LogP) is 5.15. The summed E-state index contributed by atoms with van der Waals surface area (Å²) in [5.41, 5.74) is 2.98. The van der Waals surface area contributed by atoms with Crippen LogP contribution in [-0.4, -0.2) is 37.7 Å². The smallest absolute Gasteiger partial charge is 0.307 e. The number of benzene rings is 3. The third kappa shape index (κ3) is 7.74. The zero-order chi connectivity index (χ0) is 25.9. The first-order valence-electron chi connectivity index (χ1n) is 12.2. The van der Waals surface area contributed by atoms with Gasteiger partial charge in [-0.1, -0.05) is 91.0 Å². The molecule has 4 atom stereocenters. The third-order valence-electron chi connectivity index (χ3n) is 5.84. The fraction of sp³-hybridized carbons (Fsp3) is 0.300. The standard InChI is InChI=1S/C30H32O7/c1-22(31)33-21-26-27(34-18-23-12-6-3-7-13-23)28(35-19-24-14-8-4-9-15-24)29(30(32-2)37-26)36-20-25-16-10-5-11-17-25/h3-17,21,27-30H,18-20H2,1-2H3/b26-21-/t27-,28+,29+,30+/m1/s1. The lowest BCUT2D eigenvalue weighted by molar-refractivity contribution is -0.271. The van der Waals surface area contributed by atoms with Gasteiger partial charge in [-0.2, -0.15) is 0 Å². The van der Waals surface area contributed by atoms with Gasteiger partial charge in [-0.25, -0.2) is 0 Å². The Balaban J connectivity index is 1.63. The summed E-state index contributed by atoms with van der Waals surface area (Å²) in [4.78, 5) is 11.6. The molecule has 0 saturated carbocycles. The molecule has 7 heteroatoms. The van der Waals surface area contributed by atoms with E-state index in [4.69, 9.17) is 28.4 Å². The van der Waals surface area contributed by atoms with Gasteiger partial charge in [-0.15, -0.1) is 0 Å². The van der Waals surface area contributed by atoms with Crippen LogP contribution in [0.15, 0.2) is 103 Å². The molecule has 1 fully saturated rings. The molecule has 0 bridgehead atoms. The van der Waals surface area contributed by atoms with E-state index in [0.717, 1.165) is 16.7 Å². The molecule has 0 N–H and O–H groups in total. The highest BCUT2D eigenvalue weighted by atomic mass is 16.7. The number of carbonyl (C=O) groups is 1. The van der Waals surface area contributed by atoms with Crippen molar-refractivity contribution in [3.63, 3.8) is 0 Å². The van der Waals surface area contributed by atoms with Crippen LogP contribution >= 0.6 is 0 Å². The molecule has 4 rings (SSSR count). The molecule has 0 aliphatic carbocycles. The number of hydrogen-bond acceptors (Lipinski definition) is 7. The maximum atomic E-state index is 11.6. The van der Waals surface area contributed by atoms with Crippen LogP contribution in [0, 0.1) is 0 Å². The molecule has 0 radical (unpaired) electrons. The van der Waals surface area contributed by atoms with E-state index in [-0.39, 0.29) is 5.76 Å². The van der Waals surface area contributed by atoms with Gasteiger partial charge in [0.2, 0.25) is 6.29 Å². The molecule has 1 heterocycles. The number of esters is 1. The molecule has 0 aromatic heterocycles. The van der Waals surface area contributed by atoms with Gasteiger partial charge in [0.1, 0.15) is 24.6 Å². The second-order valence-electron chi connectivity index (χ2n) is 8.59. The highest BCUT2D eigenvalue weighted by molar-refractivity contribution is 5.66. The first-order chi connectivity index (χ1) is 18.1. The summed E-state index contributed by atoms with van der Waals surface area (Å²) in [6, 6.07) is 29.5. The fourth-order valence-corrected chi connectivity index (χ4v) is 4.00. The topological polar surface area (TPSA) is 72.5 Å². The molecule has 0 unspecified atom stereocenters. The minimum atomic E-state index is -0.817. The maximum absolute atomic E-state index is 11.6. The third-order valence-corrected chi connectivity index (χ3v) is 5.84. The molecule has 1 aliphatic heterocycles. The van der Waals surface area contributed by atoms with Crippen LogP contribution in [0.2, 0.25) is 0 Å².